The summed E-state index contributed by atoms with van der Waals surface area (Å²) in [4.78, 5) is 1.14. The highest BCUT2D eigenvalue weighted by Gasteiger charge is 1.98. The van der Waals surface area contributed by atoms with Crippen molar-refractivity contribution < 1.29 is 0 Å². The van der Waals surface area contributed by atoms with Gasteiger partial charge in [0.15, 0.2) is 0 Å². The summed E-state index contributed by atoms with van der Waals surface area (Å²) < 4.78 is 0. The standard InChI is InChI=1S/C15H13NS/c1-12-2-4-13(5-3-12)14-6-8-15(9-7-14)17-11-10-16/h2-9H,11H2,1H3. The quantitative estimate of drug-likeness (QED) is 0.746. The maximum atomic E-state index is 8.52. The van der Waals surface area contributed by atoms with Crippen molar-refractivity contribution in [1.29, 1.82) is 5.26 Å². The number of nitrogens with zero attached hydrogens (tertiary/aromatic N) is 1. The van der Waals surface area contributed by atoms with Gasteiger partial charge in [0, 0.05) is 4.90 Å². The Kier molecular flexibility index (Phi) is 3.85. The molecule has 2 aromatic carbocycles. The fourth-order valence-corrected chi connectivity index (χ4v) is 2.16. The Morgan fingerprint density at radius 2 is 1.47 bits per heavy atom. The second-order valence-corrected chi connectivity index (χ2v) is 4.89. The minimum atomic E-state index is 0.504. The average molecular weight is 239 g/mol. The van der Waals surface area contributed by atoms with Gasteiger partial charge >= 0.3 is 0 Å². The molecule has 0 aliphatic rings. The molecule has 0 aliphatic heterocycles. The van der Waals surface area contributed by atoms with Gasteiger partial charge in [0.05, 0.1) is 11.8 Å². The van der Waals surface area contributed by atoms with Gasteiger partial charge in [-0.3, -0.25) is 0 Å². The van der Waals surface area contributed by atoms with E-state index in [2.05, 4.69) is 61.5 Å². The fraction of sp³-hybridized carbons (Fsp3) is 0.133. The van der Waals surface area contributed by atoms with E-state index in [4.69, 9.17) is 5.26 Å². The highest BCUT2D eigenvalue weighted by molar-refractivity contribution is 7.99. The van der Waals surface area contributed by atoms with Crippen molar-refractivity contribution >= 4 is 11.8 Å². The Morgan fingerprint density at radius 3 is 2.00 bits per heavy atom. The molecule has 0 saturated carbocycles. The zero-order valence-electron chi connectivity index (χ0n) is 9.68. The third-order valence-corrected chi connectivity index (χ3v) is 3.42. The first kappa shape index (κ1) is 11.8. The number of rotatable bonds is 3. The molecule has 0 spiro atoms. The van der Waals surface area contributed by atoms with Crippen LogP contribution in [-0.2, 0) is 0 Å². The van der Waals surface area contributed by atoms with E-state index in [-0.39, 0.29) is 0 Å². The first-order valence-electron chi connectivity index (χ1n) is 5.46. The molecule has 2 aromatic rings. The predicted octanol–water partition coefficient (Wildman–Crippen LogP) is 4.28. The van der Waals surface area contributed by atoms with Crippen LogP contribution in [0, 0.1) is 18.3 Å². The molecule has 0 N–H and O–H groups in total. The van der Waals surface area contributed by atoms with Gasteiger partial charge in [-0.25, -0.2) is 0 Å². The Morgan fingerprint density at radius 1 is 0.941 bits per heavy atom. The van der Waals surface area contributed by atoms with Gasteiger partial charge in [-0.2, -0.15) is 5.26 Å². The molecule has 0 bridgehead atoms. The van der Waals surface area contributed by atoms with Crippen LogP contribution >= 0.6 is 11.8 Å². The molecule has 0 aliphatic carbocycles. The molecule has 0 atom stereocenters. The third-order valence-electron chi connectivity index (χ3n) is 2.54. The van der Waals surface area contributed by atoms with Crippen molar-refractivity contribution in [3.05, 3.63) is 54.1 Å². The topological polar surface area (TPSA) is 23.8 Å². The lowest BCUT2D eigenvalue weighted by molar-refractivity contribution is 1.43. The number of hydrogen-bond donors (Lipinski definition) is 0. The zero-order chi connectivity index (χ0) is 12.1. The molecule has 17 heavy (non-hydrogen) atoms. The molecular weight excluding hydrogens is 226 g/mol. The molecule has 0 radical (unpaired) electrons. The van der Waals surface area contributed by atoms with Crippen LogP contribution in [0.2, 0.25) is 0 Å². The maximum Gasteiger partial charge on any atom is 0.0855 e. The van der Waals surface area contributed by atoms with Crippen LogP contribution in [0.4, 0.5) is 0 Å². The van der Waals surface area contributed by atoms with Gasteiger partial charge in [0.2, 0.25) is 0 Å². The van der Waals surface area contributed by atoms with Gasteiger partial charge in [-0.15, -0.1) is 11.8 Å². The lowest BCUT2D eigenvalue weighted by atomic mass is 10.0. The number of hydrogen-bond acceptors (Lipinski definition) is 2. The molecule has 0 fully saturated rings. The minimum absolute atomic E-state index is 0.504. The number of benzene rings is 2. The monoisotopic (exact) mass is 239 g/mol. The van der Waals surface area contributed by atoms with E-state index >= 15 is 0 Å². The van der Waals surface area contributed by atoms with Gasteiger partial charge in [0.1, 0.15) is 0 Å². The van der Waals surface area contributed by atoms with Crippen molar-refractivity contribution in [2.45, 2.75) is 11.8 Å². The van der Waals surface area contributed by atoms with Crippen molar-refractivity contribution in [1.82, 2.24) is 0 Å². The average Bonchev–Trinajstić information content (AvgIpc) is 2.38. The van der Waals surface area contributed by atoms with Crippen molar-refractivity contribution in [3.63, 3.8) is 0 Å². The normalized spacial score (nSPS) is 9.88. The molecule has 84 valence electrons. The van der Waals surface area contributed by atoms with Crippen LogP contribution in [-0.4, -0.2) is 5.75 Å². The first-order valence-corrected chi connectivity index (χ1v) is 6.45. The third kappa shape index (κ3) is 3.12. The van der Waals surface area contributed by atoms with Gasteiger partial charge in [0.25, 0.3) is 0 Å². The molecule has 0 saturated heterocycles. The van der Waals surface area contributed by atoms with Crippen LogP contribution in [0.5, 0.6) is 0 Å². The van der Waals surface area contributed by atoms with Crippen molar-refractivity contribution in [2.75, 3.05) is 5.75 Å². The number of thioether (sulfide) groups is 1. The Bertz CT molecular complexity index is 520. The SMILES string of the molecule is Cc1ccc(-c2ccc(SCC#N)cc2)cc1. The highest BCUT2D eigenvalue weighted by atomic mass is 32.2. The van der Waals surface area contributed by atoms with Gasteiger partial charge in [-0.05, 0) is 30.2 Å². The van der Waals surface area contributed by atoms with E-state index in [9.17, 15) is 0 Å². The largest absolute Gasteiger partial charge is 0.197 e. The second kappa shape index (κ2) is 5.56. The first-order chi connectivity index (χ1) is 8.29. The molecule has 0 aromatic heterocycles. The van der Waals surface area contributed by atoms with Crippen LogP contribution in [0.1, 0.15) is 5.56 Å². The molecule has 2 rings (SSSR count). The molecule has 1 nitrogen and oxygen atoms in total. The molecular formula is C15H13NS. The molecule has 2 heteroatoms. The summed E-state index contributed by atoms with van der Waals surface area (Å²) in [6.07, 6.45) is 0. The Balaban J connectivity index is 2.18. The fourth-order valence-electron chi connectivity index (χ4n) is 1.61. The predicted molar refractivity (Wildman–Crippen MR) is 73.0 cm³/mol. The van der Waals surface area contributed by atoms with E-state index in [1.54, 1.807) is 11.8 Å². The van der Waals surface area contributed by atoms with Crippen LogP contribution < -0.4 is 0 Å². The summed E-state index contributed by atoms with van der Waals surface area (Å²) in [5.41, 5.74) is 3.72. The number of nitriles is 1. The van der Waals surface area contributed by atoms with E-state index in [1.165, 1.54) is 16.7 Å². The van der Waals surface area contributed by atoms with E-state index in [0.29, 0.717) is 5.75 Å². The van der Waals surface area contributed by atoms with E-state index in [1.807, 2.05) is 0 Å². The summed E-state index contributed by atoms with van der Waals surface area (Å²) in [7, 11) is 0. The minimum Gasteiger partial charge on any atom is -0.197 e. The molecule has 0 heterocycles. The van der Waals surface area contributed by atoms with Crippen LogP contribution in [0.15, 0.2) is 53.4 Å². The van der Waals surface area contributed by atoms with Crippen molar-refractivity contribution in [3.8, 4) is 17.2 Å². The van der Waals surface area contributed by atoms with Gasteiger partial charge < -0.3 is 0 Å². The van der Waals surface area contributed by atoms with Gasteiger partial charge in [-0.1, -0.05) is 42.0 Å². The zero-order valence-corrected chi connectivity index (χ0v) is 10.5. The summed E-state index contributed by atoms with van der Waals surface area (Å²) in [6, 6.07) is 19.0. The lowest BCUT2D eigenvalue weighted by Gasteiger charge is -2.03. The summed E-state index contributed by atoms with van der Waals surface area (Å²) in [6.45, 7) is 2.09. The summed E-state index contributed by atoms with van der Waals surface area (Å²) in [5.74, 6) is 0.504. The number of aryl methyl sites for hydroxylation is 1. The Hall–Kier alpha value is -1.72. The van der Waals surface area contributed by atoms with E-state index < -0.39 is 0 Å². The van der Waals surface area contributed by atoms with Crippen LogP contribution in [0.25, 0.3) is 11.1 Å². The maximum absolute atomic E-state index is 8.52. The molecule has 0 amide bonds. The summed E-state index contributed by atoms with van der Waals surface area (Å²) >= 11 is 1.57. The Labute approximate surface area is 106 Å². The highest BCUT2D eigenvalue weighted by Crippen LogP contribution is 2.24. The lowest BCUT2D eigenvalue weighted by Crippen LogP contribution is -1.79. The van der Waals surface area contributed by atoms with E-state index in [0.717, 1.165) is 4.90 Å². The van der Waals surface area contributed by atoms with Crippen LogP contribution in [0.3, 0.4) is 0 Å². The smallest absolute Gasteiger partial charge is 0.0855 e. The summed E-state index contributed by atoms with van der Waals surface area (Å²) in [5, 5.41) is 8.52. The van der Waals surface area contributed by atoms with Crippen molar-refractivity contribution in [2.24, 2.45) is 0 Å². The second-order valence-electron chi connectivity index (χ2n) is 3.84. The molecule has 0 unspecified atom stereocenters.